The molecule has 1 fully saturated rings. The van der Waals surface area contributed by atoms with Crippen LogP contribution in [0.4, 0.5) is 0 Å². The molecule has 0 saturated heterocycles. The fraction of sp³-hybridized carbons (Fsp3) is 0.545. The van der Waals surface area contributed by atoms with E-state index in [1.165, 1.54) is 11.1 Å². The van der Waals surface area contributed by atoms with Crippen LogP contribution in [0.15, 0.2) is 23.3 Å². The summed E-state index contributed by atoms with van der Waals surface area (Å²) in [6.45, 7) is 4.26. The van der Waals surface area contributed by atoms with Crippen LogP contribution in [0.5, 0.6) is 0 Å². The molecule has 0 heterocycles. The van der Waals surface area contributed by atoms with Gasteiger partial charge in [-0.2, -0.15) is 0 Å². The second kappa shape index (κ2) is 2.58. The first-order chi connectivity index (χ1) is 5.68. The topological polar surface area (TPSA) is 17.1 Å². The van der Waals surface area contributed by atoms with Crippen molar-refractivity contribution < 1.29 is 4.79 Å². The lowest BCUT2D eigenvalue weighted by Crippen LogP contribution is -2.01. The van der Waals surface area contributed by atoms with E-state index >= 15 is 0 Å². The van der Waals surface area contributed by atoms with Gasteiger partial charge in [0.2, 0.25) is 0 Å². The SMILES string of the molecule is CC(C)=C1C=C[C@H]2CC(=O)C[C@@H]12. The van der Waals surface area contributed by atoms with Crippen molar-refractivity contribution >= 4 is 5.78 Å². The number of carbonyl (C=O) groups excluding carboxylic acids is 1. The van der Waals surface area contributed by atoms with Crippen molar-refractivity contribution in [3.05, 3.63) is 23.3 Å². The fourth-order valence-corrected chi connectivity index (χ4v) is 2.32. The van der Waals surface area contributed by atoms with Gasteiger partial charge in [-0.1, -0.05) is 17.7 Å². The molecule has 0 amide bonds. The molecule has 0 aromatic carbocycles. The van der Waals surface area contributed by atoms with E-state index in [9.17, 15) is 4.79 Å². The Morgan fingerprint density at radius 2 is 2.17 bits per heavy atom. The smallest absolute Gasteiger partial charge is 0.134 e. The highest BCUT2D eigenvalue weighted by atomic mass is 16.1. The van der Waals surface area contributed by atoms with Gasteiger partial charge in [-0.05, 0) is 31.3 Å². The standard InChI is InChI=1S/C11H14O/c1-7(2)10-4-3-8-5-9(12)6-11(8)10/h3-4,8,11H,5-6H2,1-2H3/t8-,11+/m0/s1. The molecule has 0 unspecified atom stereocenters. The van der Waals surface area contributed by atoms with Gasteiger partial charge < -0.3 is 0 Å². The normalized spacial score (nSPS) is 32.8. The van der Waals surface area contributed by atoms with Gasteiger partial charge in [0.15, 0.2) is 0 Å². The Morgan fingerprint density at radius 3 is 2.83 bits per heavy atom. The maximum absolute atomic E-state index is 11.2. The molecular formula is C11H14O. The Bertz CT molecular complexity index is 279. The molecule has 2 aliphatic rings. The zero-order valence-electron chi connectivity index (χ0n) is 7.63. The minimum atomic E-state index is 0.438. The van der Waals surface area contributed by atoms with Crippen molar-refractivity contribution in [2.45, 2.75) is 26.7 Å². The molecule has 1 nitrogen and oxygen atoms in total. The van der Waals surface area contributed by atoms with Gasteiger partial charge in [-0.25, -0.2) is 0 Å². The Kier molecular flexibility index (Phi) is 1.67. The molecule has 2 rings (SSSR count). The van der Waals surface area contributed by atoms with Gasteiger partial charge in [0, 0.05) is 12.8 Å². The Balaban J connectivity index is 2.30. The average molecular weight is 162 g/mol. The van der Waals surface area contributed by atoms with Crippen molar-refractivity contribution in [2.24, 2.45) is 11.8 Å². The van der Waals surface area contributed by atoms with Crippen LogP contribution in [0.3, 0.4) is 0 Å². The predicted molar refractivity (Wildman–Crippen MR) is 48.7 cm³/mol. The van der Waals surface area contributed by atoms with Crippen LogP contribution < -0.4 is 0 Å². The Morgan fingerprint density at radius 1 is 1.42 bits per heavy atom. The van der Waals surface area contributed by atoms with Crippen LogP contribution in [0, 0.1) is 11.8 Å². The van der Waals surface area contributed by atoms with Gasteiger partial charge in [-0.3, -0.25) is 4.79 Å². The number of rotatable bonds is 0. The number of allylic oxidation sites excluding steroid dienone is 4. The van der Waals surface area contributed by atoms with E-state index in [4.69, 9.17) is 0 Å². The molecule has 2 aliphatic carbocycles. The third-order valence-electron chi connectivity index (χ3n) is 2.93. The highest BCUT2D eigenvalue weighted by Gasteiger charge is 2.36. The molecule has 0 aromatic heterocycles. The molecule has 1 saturated carbocycles. The molecule has 0 spiro atoms. The summed E-state index contributed by atoms with van der Waals surface area (Å²) in [7, 11) is 0. The van der Waals surface area contributed by atoms with Gasteiger partial charge in [0.1, 0.15) is 5.78 Å². The summed E-state index contributed by atoms with van der Waals surface area (Å²) >= 11 is 0. The van der Waals surface area contributed by atoms with Crippen LogP contribution in [-0.4, -0.2) is 5.78 Å². The molecular weight excluding hydrogens is 148 g/mol. The molecule has 1 heteroatoms. The van der Waals surface area contributed by atoms with Crippen LogP contribution in [0.25, 0.3) is 0 Å². The van der Waals surface area contributed by atoms with Gasteiger partial charge >= 0.3 is 0 Å². The third-order valence-corrected chi connectivity index (χ3v) is 2.93. The molecule has 64 valence electrons. The quantitative estimate of drug-likeness (QED) is 0.535. The monoisotopic (exact) mass is 162 g/mol. The molecule has 0 aromatic rings. The van der Waals surface area contributed by atoms with Crippen LogP contribution >= 0.6 is 0 Å². The first kappa shape index (κ1) is 7.78. The van der Waals surface area contributed by atoms with Crippen molar-refractivity contribution in [2.75, 3.05) is 0 Å². The number of ketones is 1. The average Bonchev–Trinajstić information content (AvgIpc) is 2.43. The van der Waals surface area contributed by atoms with Gasteiger partial charge in [0.25, 0.3) is 0 Å². The highest BCUT2D eigenvalue weighted by molar-refractivity contribution is 5.83. The summed E-state index contributed by atoms with van der Waals surface area (Å²) in [5, 5.41) is 0. The van der Waals surface area contributed by atoms with Crippen molar-refractivity contribution in [1.29, 1.82) is 0 Å². The fourth-order valence-electron chi connectivity index (χ4n) is 2.32. The number of hydrogen-bond acceptors (Lipinski definition) is 1. The molecule has 0 radical (unpaired) electrons. The summed E-state index contributed by atoms with van der Waals surface area (Å²) < 4.78 is 0. The van der Waals surface area contributed by atoms with Crippen molar-refractivity contribution in [3.63, 3.8) is 0 Å². The summed E-state index contributed by atoms with van der Waals surface area (Å²) in [6, 6.07) is 0. The first-order valence-electron chi connectivity index (χ1n) is 4.56. The lowest BCUT2D eigenvalue weighted by Gasteiger charge is -2.10. The van der Waals surface area contributed by atoms with E-state index in [2.05, 4.69) is 26.0 Å². The van der Waals surface area contributed by atoms with Crippen LogP contribution in [0.2, 0.25) is 0 Å². The van der Waals surface area contributed by atoms with Gasteiger partial charge in [0.05, 0.1) is 0 Å². The molecule has 0 N–H and O–H groups in total. The summed E-state index contributed by atoms with van der Waals surface area (Å²) in [5.41, 5.74) is 2.78. The number of carbonyl (C=O) groups is 1. The van der Waals surface area contributed by atoms with E-state index < -0.39 is 0 Å². The van der Waals surface area contributed by atoms with Crippen molar-refractivity contribution in [1.82, 2.24) is 0 Å². The van der Waals surface area contributed by atoms with E-state index in [0.717, 1.165) is 12.8 Å². The largest absolute Gasteiger partial charge is 0.300 e. The third kappa shape index (κ3) is 1.04. The lowest BCUT2D eigenvalue weighted by atomic mass is 9.93. The molecule has 12 heavy (non-hydrogen) atoms. The van der Waals surface area contributed by atoms with E-state index in [1.807, 2.05) is 0 Å². The second-order valence-electron chi connectivity index (χ2n) is 4.03. The van der Waals surface area contributed by atoms with Crippen LogP contribution in [0.1, 0.15) is 26.7 Å². The molecule has 0 bridgehead atoms. The number of fused-ring (bicyclic) bond motifs is 1. The maximum atomic E-state index is 11.2. The Hall–Kier alpha value is -0.850. The first-order valence-corrected chi connectivity index (χ1v) is 4.56. The number of hydrogen-bond donors (Lipinski definition) is 0. The van der Waals surface area contributed by atoms with E-state index in [1.54, 1.807) is 0 Å². The summed E-state index contributed by atoms with van der Waals surface area (Å²) in [4.78, 5) is 11.2. The predicted octanol–water partition coefficient (Wildman–Crippen LogP) is 2.49. The zero-order valence-corrected chi connectivity index (χ0v) is 7.63. The second-order valence-corrected chi connectivity index (χ2v) is 4.03. The lowest BCUT2D eigenvalue weighted by molar-refractivity contribution is -0.117. The Labute approximate surface area is 73.2 Å². The maximum Gasteiger partial charge on any atom is 0.134 e. The van der Waals surface area contributed by atoms with Crippen LogP contribution in [-0.2, 0) is 4.79 Å². The molecule has 2 atom stereocenters. The van der Waals surface area contributed by atoms with Gasteiger partial charge in [-0.15, -0.1) is 0 Å². The minimum Gasteiger partial charge on any atom is -0.300 e. The highest BCUT2D eigenvalue weighted by Crippen LogP contribution is 2.42. The van der Waals surface area contributed by atoms with Crippen molar-refractivity contribution in [3.8, 4) is 0 Å². The summed E-state index contributed by atoms with van der Waals surface area (Å²) in [5.74, 6) is 1.50. The van der Waals surface area contributed by atoms with E-state index in [-0.39, 0.29) is 0 Å². The molecule has 0 aliphatic heterocycles. The minimum absolute atomic E-state index is 0.438. The van der Waals surface area contributed by atoms with E-state index in [0.29, 0.717) is 17.6 Å². The summed E-state index contributed by atoms with van der Waals surface area (Å²) in [6.07, 6.45) is 5.96. The zero-order chi connectivity index (χ0) is 8.72. The number of Topliss-reactive ketones (excluding diaryl/α,β-unsaturated/α-hetero) is 1.